The maximum atomic E-state index is 13.3. The monoisotopic (exact) mass is 506 g/mol. The van der Waals surface area contributed by atoms with Crippen molar-refractivity contribution in [3.05, 3.63) is 83.9 Å². The highest BCUT2D eigenvalue weighted by atomic mass is 16.3. The van der Waals surface area contributed by atoms with Crippen molar-refractivity contribution in [2.45, 2.75) is 44.3 Å². The lowest BCUT2D eigenvalue weighted by atomic mass is 10.0. The van der Waals surface area contributed by atoms with E-state index < -0.39 is 41.8 Å². The first-order chi connectivity index (χ1) is 17.7. The van der Waals surface area contributed by atoms with Crippen LogP contribution in [-0.2, 0) is 38.4 Å². The van der Waals surface area contributed by atoms with Gasteiger partial charge >= 0.3 is 0 Å². The minimum atomic E-state index is -1.12. The lowest BCUT2D eigenvalue weighted by molar-refractivity contribution is -0.133. The van der Waals surface area contributed by atoms with Gasteiger partial charge in [0.15, 0.2) is 0 Å². The highest BCUT2D eigenvalue weighted by molar-refractivity contribution is 5.94. The van der Waals surface area contributed by atoms with Crippen LogP contribution >= 0.6 is 0 Å². The summed E-state index contributed by atoms with van der Waals surface area (Å²) < 4.78 is 0. The summed E-state index contributed by atoms with van der Waals surface area (Å²) in [6.45, 7) is 1.28. The number of carbonyl (C=O) groups excluding carboxylic acids is 4. The van der Waals surface area contributed by atoms with E-state index in [1.165, 1.54) is 25.3 Å². The predicted molar refractivity (Wildman–Crippen MR) is 135 cm³/mol. The Morgan fingerprint density at radius 1 is 0.838 bits per heavy atom. The maximum Gasteiger partial charge on any atom is 0.243 e. The number of aromatic hydroxyl groups is 1. The van der Waals surface area contributed by atoms with Crippen LogP contribution in [0.3, 0.4) is 0 Å². The van der Waals surface area contributed by atoms with Crippen LogP contribution in [0.25, 0.3) is 0 Å². The average Bonchev–Trinajstić information content (AvgIpc) is 3.37. The Morgan fingerprint density at radius 2 is 1.41 bits per heavy atom. The molecule has 4 amide bonds. The van der Waals surface area contributed by atoms with Crippen LogP contribution in [-0.4, -0.2) is 56.8 Å². The molecular weight excluding hydrogens is 476 g/mol. The van der Waals surface area contributed by atoms with Gasteiger partial charge in [0.05, 0.1) is 0 Å². The largest absolute Gasteiger partial charge is 0.508 e. The normalized spacial score (nSPS) is 13.1. The van der Waals surface area contributed by atoms with Crippen LogP contribution in [0.5, 0.6) is 5.75 Å². The van der Waals surface area contributed by atoms with E-state index >= 15 is 0 Å². The summed E-state index contributed by atoms with van der Waals surface area (Å²) in [5, 5.41) is 17.4. The summed E-state index contributed by atoms with van der Waals surface area (Å²) in [5.74, 6) is -1.87. The lowest BCUT2D eigenvalue weighted by Crippen LogP contribution is -2.57. The van der Waals surface area contributed by atoms with E-state index in [2.05, 4.69) is 25.9 Å². The van der Waals surface area contributed by atoms with Gasteiger partial charge in [-0.1, -0.05) is 42.5 Å². The van der Waals surface area contributed by atoms with Crippen LogP contribution in [0, 0.1) is 0 Å². The van der Waals surface area contributed by atoms with E-state index in [1.807, 2.05) is 30.3 Å². The summed E-state index contributed by atoms with van der Waals surface area (Å²) >= 11 is 0. The van der Waals surface area contributed by atoms with E-state index in [4.69, 9.17) is 5.73 Å². The van der Waals surface area contributed by atoms with Crippen molar-refractivity contribution in [2.24, 2.45) is 5.73 Å². The molecule has 3 rings (SSSR count). The second kappa shape index (κ2) is 12.9. The number of aromatic amines is 1. The van der Waals surface area contributed by atoms with E-state index in [9.17, 15) is 24.3 Å². The SMILES string of the molecule is CC(=O)NC(Cc1ccc(O)cc1)C(=O)NC(Cc1ncc[nH]1)C(=O)NC(Cc1ccccc1)C(N)=O. The second-order valence-electron chi connectivity index (χ2n) is 8.58. The Morgan fingerprint density at radius 3 is 1.97 bits per heavy atom. The number of benzene rings is 2. The van der Waals surface area contributed by atoms with E-state index in [1.54, 1.807) is 18.3 Å². The number of nitrogens with two attached hydrogens (primary N) is 1. The van der Waals surface area contributed by atoms with Gasteiger partial charge in [-0.25, -0.2) is 4.98 Å². The van der Waals surface area contributed by atoms with Crippen molar-refractivity contribution < 1.29 is 24.3 Å². The van der Waals surface area contributed by atoms with E-state index in [-0.39, 0.29) is 25.0 Å². The number of H-pyrrole nitrogens is 1. The zero-order valence-electron chi connectivity index (χ0n) is 20.3. The van der Waals surface area contributed by atoms with Gasteiger partial charge in [0, 0.05) is 38.6 Å². The van der Waals surface area contributed by atoms with Crippen LogP contribution in [0.4, 0.5) is 0 Å². The Hall–Kier alpha value is -4.67. The molecule has 1 heterocycles. The van der Waals surface area contributed by atoms with Gasteiger partial charge in [0.1, 0.15) is 29.7 Å². The number of rotatable bonds is 12. The first-order valence-electron chi connectivity index (χ1n) is 11.7. The molecule has 194 valence electrons. The van der Waals surface area contributed by atoms with Gasteiger partial charge in [0.25, 0.3) is 0 Å². The number of phenols is 1. The first-order valence-corrected chi connectivity index (χ1v) is 11.7. The molecule has 0 aliphatic rings. The summed E-state index contributed by atoms with van der Waals surface area (Å²) in [7, 11) is 0. The predicted octanol–water partition coefficient (Wildman–Crippen LogP) is 0.103. The summed E-state index contributed by atoms with van der Waals surface area (Å²) in [5.41, 5.74) is 7.04. The van der Waals surface area contributed by atoms with Gasteiger partial charge in [0.2, 0.25) is 23.6 Å². The van der Waals surface area contributed by atoms with Crippen molar-refractivity contribution >= 4 is 23.6 Å². The fourth-order valence-electron chi connectivity index (χ4n) is 3.75. The van der Waals surface area contributed by atoms with E-state index in [0.29, 0.717) is 11.4 Å². The fraction of sp³-hybridized carbons (Fsp3) is 0.269. The summed E-state index contributed by atoms with van der Waals surface area (Å²) in [4.78, 5) is 57.4. The van der Waals surface area contributed by atoms with Crippen molar-refractivity contribution in [1.82, 2.24) is 25.9 Å². The van der Waals surface area contributed by atoms with Gasteiger partial charge < -0.3 is 31.8 Å². The molecule has 0 bridgehead atoms. The topological polar surface area (TPSA) is 179 Å². The molecule has 0 aliphatic carbocycles. The van der Waals surface area contributed by atoms with Crippen molar-refractivity contribution in [1.29, 1.82) is 0 Å². The van der Waals surface area contributed by atoms with Gasteiger partial charge in [-0.3, -0.25) is 19.2 Å². The molecule has 11 nitrogen and oxygen atoms in total. The number of hydrogen-bond acceptors (Lipinski definition) is 6. The van der Waals surface area contributed by atoms with Crippen LogP contribution < -0.4 is 21.7 Å². The minimum Gasteiger partial charge on any atom is -0.508 e. The number of carbonyl (C=O) groups is 4. The molecule has 3 atom stereocenters. The highest BCUT2D eigenvalue weighted by Crippen LogP contribution is 2.12. The molecule has 0 radical (unpaired) electrons. The third kappa shape index (κ3) is 8.49. The molecule has 0 spiro atoms. The Kier molecular flexibility index (Phi) is 9.36. The molecular formula is C26H30N6O5. The van der Waals surface area contributed by atoms with Crippen LogP contribution in [0.1, 0.15) is 23.9 Å². The summed E-state index contributed by atoms with van der Waals surface area (Å²) in [6.07, 6.45) is 3.40. The van der Waals surface area contributed by atoms with Crippen molar-refractivity contribution in [3.63, 3.8) is 0 Å². The fourth-order valence-corrected chi connectivity index (χ4v) is 3.75. The Balaban J connectivity index is 1.77. The number of primary amides is 1. The van der Waals surface area contributed by atoms with Crippen LogP contribution in [0.2, 0.25) is 0 Å². The quantitative estimate of drug-likeness (QED) is 0.203. The molecule has 0 saturated heterocycles. The minimum absolute atomic E-state index is 0.00733. The summed E-state index contributed by atoms with van der Waals surface area (Å²) in [6, 6.07) is 12.2. The number of amides is 4. The molecule has 1 aromatic heterocycles. The third-order valence-corrected chi connectivity index (χ3v) is 5.60. The zero-order valence-corrected chi connectivity index (χ0v) is 20.3. The Labute approximate surface area is 213 Å². The smallest absolute Gasteiger partial charge is 0.243 e. The van der Waals surface area contributed by atoms with Gasteiger partial charge in [-0.15, -0.1) is 0 Å². The van der Waals surface area contributed by atoms with Gasteiger partial charge in [-0.2, -0.15) is 0 Å². The zero-order chi connectivity index (χ0) is 26.8. The van der Waals surface area contributed by atoms with Crippen molar-refractivity contribution in [3.8, 4) is 5.75 Å². The lowest BCUT2D eigenvalue weighted by Gasteiger charge is -2.24. The molecule has 11 heteroatoms. The van der Waals surface area contributed by atoms with E-state index in [0.717, 1.165) is 5.56 Å². The van der Waals surface area contributed by atoms with Crippen LogP contribution in [0.15, 0.2) is 67.0 Å². The molecule has 2 aromatic carbocycles. The number of hydrogen-bond donors (Lipinski definition) is 6. The molecule has 3 aromatic rings. The van der Waals surface area contributed by atoms with Gasteiger partial charge in [-0.05, 0) is 23.3 Å². The molecule has 0 saturated carbocycles. The van der Waals surface area contributed by atoms with Crippen molar-refractivity contribution in [2.75, 3.05) is 0 Å². The average molecular weight is 507 g/mol. The molecule has 37 heavy (non-hydrogen) atoms. The molecule has 3 unspecified atom stereocenters. The molecule has 7 N–H and O–H groups in total. The molecule has 0 fully saturated rings. The number of imidazole rings is 1. The standard InChI is InChI=1S/C26H30N6O5/c1-16(33)30-21(14-18-7-9-19(34)10-8-18)25(36)32-22(15-23-28-11-12-29-23)26(37)31-20(24(27)35)13-17-5-3-2-4-6-17/h2-12,20-22,34H,13-15H2,1H3,(H2,27,35)(H,28,29)(H,30,33)(H,31,37)(H,32,36). The number of aromatic nitrogens is 2. The third-order valence-electron chi connectivity index (χ3n) is 5.60. The first kappa shape index (κ1) is 26.9. The highest BCUT2D eigenvalue weighted by Gasteiger charge is 2.29. The number of nitrogens with zero attached hydrogens (tertiary/aromatic N) is 1. The number of nitrogens with one attached hydrogen (secondary N) is 4. The molecule has 0 aliphatic heterocycles. The second-order valence-corrected chi connectivity index (χ2v) is 8.58. The Bertz CT molecular complexity index is 1200. The number of phenolic OH excluding ortho intramolecular Hbond substituents is 1. The maximum absolute atomic E-state index is 13.3.